The van der Waals surface area contributed by atoms with Crippen LogP contribution in [0.1, 0.15) is 0 Å². The van der Waals surface area contributed by atoms with Crippen LogP contribution in [0.25, 0.3) is 10.9 Å². The average Bonchev–Trinajstić information content (AvgIpc) is 2.80. The van der Waals surface area contributed by atoms with Crippen LogP contribution in [0.4, 0.5) is 23.1 Å². The van der Waals surface area contributed by atoms with Crippen LogP contribution in [0, 0.1) is 0 Å². The van der Waals surface area contributed by atoms with Gasteiger partial charge in [-0.2, -0.15) is 4.98 Å². The minimum atomic E-state index is 0.787. The first kappa shape index (κ1) is 17.5. The predicted molar refractivity (Wildman–Crippen MR) is 120 cm³/mol. The van der Waals surface area contributed by atoms with Gasteiger partial charge in [-0.1, -0.05) is 48.5 Å². The van der Waals surface area contributed by atoms with Crippen LogP contribution in [0.15, 0.2) is 84.9 Å². The zero-order chi connectivity index (χ0) is 19.5. The van der Waals surface area contributed by atoms with E-state index in [9.17, 15) is 0 Å². The summed E-state index contributed by atoms with van der Waals surface area (Å²) in [7, 11) is 0. The quantitative estimate of drug-likeness (QED) is 0.555. The fourth-order valence-electron chi connectivity index (χ4n) is 3.76. The molecule has 29 heavy (non-hydrogen) atoms. The molecule has 0 atom stereocenters. The van der Waals surface area contributed by atoms with Gasteiger partial charge in [-0.3, -0.25) is 0 Å². The lowest BCUT2D eigenvalue weighted by molar-refractivity contribution is 0.641. The molecular formula is C24H23N5. The van der Waals surface area contributed by atoms with E-state index >= 15 is 0 Å². The number of anilines is 4. The molecule has 3 aromatic carbocycles. The van der Waals surface area contributed by atoms with Crippen LogP contribution in [-0.2, 0) is 0 Å². The molecule has 0 aliphatic carbocycles. The molecule has 1 N–H and O–H groups in total. The maximum atomic E-state index is 4.90. The van der Waals surface area contributed by atoms with E-state index in [1.54, 1.807) is 0 Å². The molecule has 5 rings (SSSR count). The summed E-state index contributed by atoms with van der Waals surface area (Å²) in [4.78, 5) is 14.5. The topological polar surface area (TPSA) is 44.3 Å². The maximum Gasteiger partial charge on any atom is 0.228 e. The van der Waals surface area contributed by atoms with Gasteiger partial charge in [0.1, 0.15) is 5.82 Å². The highest BCUT2D eigenvalue weighted by Crippen LogP contribution is 2.27. The molecular weight excluding hydrogens is 358 g/mol. The Hall–Kier alpha value is -3.60. The molecule has 5 nitrogen and oxygen atoms in total. The Morgan fingerprint density at radius 3 is 2.00 bits per heavy atom. The number of nitrogens with one attached hydrogen (secondary N) is 1. The van der Waals surface area contributed by atoms with E-state index in [2.05, 4.69) is 69.7 Å². The van der Waals surface area contributed by atoms with Gasteiger partial charge in [-0.05, 0) is 36.4 Å². The van der Waals surface area contributed by atoms with Gasteiger partial charge in [0.2, 0.25) is 5.95 Å². The Morgan fingerprint density at radius 1 is 0.621 bits per heavy atom. The molecule has 1 fully saturated rings. The summed E-state index contributed by atoms with van der Waals surface area (Å²) in [5.74, 6) is 1.64. The molecule has 0 amide bonds. The van der Waals surface area contributed by atoms with Crippen LogP contribution >= 0.6 is 0 Å². The standard InChI is InChI=1S/C24H23N5/c1-3-9-19(10-4-1)25-23-21-13-7-8-14-22(21)26-24(27-23)29-17-15-28(16-18-29)20-11-5-2-6-12-20/h1-14H,15-18H2,(H,25,26,27). The number of fused-ring (bicyclic) bond motifs is 1. The summed E-state index contributed by atoms with van der Waals surface area (Å²) in [6, 6.07) is 28.9. The molecule has 0 bridgehead atoms. The second-order valence-corrected chi connectivity index (χ2v) is 7.19. The van der Waals surface area contributed by atoms with Gasteiger partial charge in [-0.15, -0.1) is 0 Å². The summed E-state index contributed by atoms with van der Waals surface area (Å²) in [6.45, 7) is 3.72. The number of hydrogen-bond donors (Lipinski definition) is 1. The van der Waals surface area contributed by atoms with E-state index in [1.165, 1.54) is 5.69 Å². The second-order valence-electron chi connectivity index (χ2n) is 7.19. The first-order chi connectivity index (χ1) is 14.4. The third-order valence-electron chi connectivity index (χ3n) is 5.31. The average molecular weight is 381 g/mol. The molecule has 0 spiro atoms. The number of rotatable bonds is 4. The molecule has 2 heterocycles. The van der Waals surface area contributed by atoms with Crippen molar-refractivity contribution < 1.29 is 0 Å². The van der Waals surface area contributed by atoms with Crippen molar-refractivity contribution in [2.45, 2.75) is 0 Å². The summed E-state index contributed by atoms with van der Waals surface area (Å²) in [5.41, 5.74) is 3.26. The highest BCUT2D eigenvalue weighted by molar-refractivity contribution is 5.91. The molecule has 1 aliphatic rings. The van der Waals surface area contributed by atoms with Crippen molar-refractivity contribution in [1.29, 1.82) is 0 Å². The summed E-state index contributed by atoms with van der Waals surface area (Å²) < 4.78 is 0. The highest BCUT2D eigenvalue weighted by atomic mass is 15.3. The van der Waals surface area contributed by atoms with E-state index < -0.39 is 0 Å². The van der Waals surface area contributed by atoms with Crippen LogP contribution in [0.5, 0.6) is 0 Å². The van der Waals surface area contributed by atoms with Gasteiger partial charge in [0, 0.05) is 42.9 Å². The molecule has 0 saturated carbocycles. The first-order valence-electron chi connectivity index (χ1n) is 10.0. The second kappa shape index (κ2) is 7.80. The van der Waals surface area contributed by atoms with Gasteiger partial charge < -0.3 is 15.1 Å². The fraction of sp³-hybridized carbons (Fsp3) is 0.167. The first-order valence-corrected chi connectivity index (χ1v) is 10.0. The molecule has 1 aromatic heterocycles. The summed E-state index contributed by atoms with van der Waals surface area (Å²) >= 11 is 0. The number of nitrogens with zero attached hydrogens (tertiary/aromatic N) is 4. The van der Waals surface area contributed by atoms with Gasteiger partial charge in [0.05, 0.1) is 5.52 Å². The normalized spacial score (nSPS) is 14.2. The fourth-order valence-corrected chi connectivity index (χ4v) is 3.76. The number of hydrogen-bond acceptors (Lipinski definition) is 5. The number of aromatic nitrogens is 2. The van der Waals surface area contributed by atoms with Crippen LogP contribution in [-0.4, -0.2) is 36.1 Å². The Labute approximate surface area is 170 Å². The van der Waals surface area contributed by atoms with E-state index in [-0.39, 0.29) is 0 Å². The van der Waals surface area contributed by atoms with Crippen molar-refractivity contribution >= 4 is 34.0 Å². The van der Waals surface area contributed by atoms with Crippen LogP contribution in [0.3, 0.4) is 0 Å². The third kappa shape index (κ3) is 3.72. The predicted octanol–water partition coefficient (Wildman–Crippen LogP) is 4.70. The van der Waals surface area contributed by atoms with E-state index in [1.807, 2.05) is 30.3 Å². The van der Waals surface area contributed by atoms with Gasteiger partial charge in [0.15, 0.2) is 0 Å². The minimum absolute atomic E-state index is 0.787. The maximum absolute atomic E-state index is 4.90. The van der Waals surface area contributed by atoms with Crippen molar-refractivity contribution in [2.24, 2.45) is 0 Å². The molecule has 0 unspecified atom stereocenters. The van der Waals surface area contributed by atoms with Crippen LogP contribution in [0.2, 0.25) is 0 Å². The van der Waals surface area contributed by atoms with Crippen molar-refractivity contribution in [3.63, 3.8) is 0 Å². The van der Waals surface area contributed by atoms with Crippen molar-refractivity contribution in [3.05, 3.63) is 84.9 Å². The van der Waals surface area contributed by atoms with Crippen molar-refractivity contribution in [1.82, 2.24) is 9.97 Å². The lowest BCUT2D eigenvalue weighted by Gasteiger charge is -2.36. The molecule has 1 aliphatic heterocycles. The summed E-state index contributed by atoms with van der Waals surface area (Å²) in [6.07, 6.45) is 0. The number of piperazine rings is 1. The Balaban J connectivity index is 1.42. The van der Waals surface area contributed by atoms with E-state index in [0.29, 0.717) is 0 Å². The molecule has 5 heteroatoms. The largest absolute Gasteiger partial charge is 0.368 e. The van der Waals surface area contributed by atoms with Gasteiger partial charge in [0.25, 0.3) is 0 Å². The van der Waals surface area contributed by atoms with E-state index in [0.717, 1.165) is 54.5 Å². The molecule has 1 saturated heterocycles. The van der Waals surface area contributed by atoms with Crippen LogP contribution < -0.4 is 15.1 Å². The van der Waals surface area contributed by atoms with Crippen molar-refractivity contribution in [3.8, 4) is 0 Å². The Morgan fingerprint density at radius 2 is 1.24 bits per heavy atom. The zero-order valence-corrected chi connectivity index (χ0v) is 16.2. The summed E-state index contributed by atoms with van der Waals surface area (Å²) in [5, 5.41) is 4.50. The zero-order valence-electron chi connectivity index (χ0n) is 16.2. The molecule has 0 radical (unpaired) electrons. The lowest BCUT2D eigenvalue weighted by Crippen LogP contribution is -2.47. The number of benzene rings is 3. The Bertz CT molecular complexity index is 1090. The Kier molecular flexibility index (Phi) is 4.70. The highest BCUT2D eigenvalue weighted by Gasteiger charge is 2.20. The SMILES string of the molecule is c1ccc(Nc2nc(N3CCN(c4ccccc4)CC3)nc3ccccc23)cc1. The van der Waals surface area contributed by atoms with Gasteiger partial charge in [-0.25, -0.2) is 4.98 Å². The minimum Gasteiger partial charge on any atom is -0.368 e. The molecule has 144 valence electrons. The molecule has 4 aromatic rings. The lowest BCUT2D eigenvalue weighted by atomic mass is 10.2. The van der Waals surface area contributed by atoms with E-state index in [4.69, 9.17) is 9.97 Å². The number of para-hydroxylation sites is 3. The van der Waals surface area contributed by atoms with Gasteiger partial charge >= 0.3 is 0 Å². The third-order valence-corrected chi connectivity index (χ3v) is 5.31. The smallest absolute Gasteiger partial charge is 0.228 e. The van der Waals surface area contributed by atoms with Crippen molar-refractivity contribution in [2.75, 3.05) is 41.3 Å². The monoisotopic (exact) mass is 381 g/mol.